The first kappa shape index (κ1) is 16.6. The summed E-state index contributed by atoms with van der Waals surface area (Å²) in [5.74, 6) is 0. The molecule has 0 aromatic heterocycles. The summed E-state index contributed by atoms with van der Waals surface area (Å²) in [7, 11) is 0. The number of nitrogens with zero attached hydrogens (tertiary/aromatic N) is 1. The third kappa shape index (κ3) is 4.60. The molecule has 0 spiro atoms. The number of hydrogen-bond acceptors (Lipinski definition) is 3. The summed E-state index contributed by atoms with van der Waals surface area (Å²) < 4.78 is 5.81. The van der Waals surface area contributed by atoms with Crippen LogP contribution < -0.4 is 10.2 Å². The molecule has 4 heteroatoms. The number of piperidine rings is 1. The predicted molar refractivity (Wildman–Crippen MR) is 90.3 cm³/mol. The van der Waals surface area contributed by atoms with E-state index in [-0.39, 0.29) is 0 Å². The molecule has 1 saturated heterocycles. The molecule has 0 bridgehead atoms. The van der Waals surface area contributed by atoms with E-state index in [0.29, 0.717) is 12.1 Å². The Kier molecular flexibility index (Phi) is 6.34. The Morgan fingerprint density at radius 3 is 2.95 bits per heavy atom. The fourth-order valence-corrected chi connectivity index (χ4v) is 3.09. The van der Waals surface area contributed by atoms with Crippen LogP contribution in [-0.2, 0) is 11.3 Å². The average Bonchev–Trinajstić information content (AvgIpc) is 2.46. The number of nitrogens with one attached hydrogen (secondary N) is 1. The molecule has 1 aliphatic rings. The zero-order chi connectivity index (χ0) is 15.2. The molecule has 1 aromatic rings. The highest BCUT2D eigenvalue weighted by atomic mass is 35.5. The molecule has 0 saturated carbocycles. The second-order valence-electron chi connectivity index (χ2n) is 5.94. The van der Waals surface area contributed by atoms with E-state index >= 15 is 0 Å². The topological polar surface area (TPSA) is 24.5 Å². The van der Waals surface area contributed by atoms with Crippen molar-refractivity contribution in [3.05, 3.63) is 28.8 Å². The minimum absolute atomic E-state index is 0.341. The first-order valence-corrected chi connectivity index (χ1v) is 8.37. The van der Waals surface area contributed by atoms with Gasteiger partial charge in [0.15, 0.2) is 0 Å². The van der Waals surface area contributed by atoms with Crippen molar-refractivity contribution in [2.75, 3.05) is 24.6 Å². The van der Waals surface area contributed by atoms with Gasteiger partial charge < -0.3 is 15.0 Å². The molecule has 118 valence electrons. The highest BCUT2D eigenvalue weighted by molar-refractivity contribution is 6.31. The van der Waals surface area contributed by atoms with E-state index in [2.05, 4.69) is 37.1 Å². The first-order chi connectivity index (χ1) is 10.1. The number of anilines is 1. The first-order valence-electron chi connectivity index (χ1n) is 7.99. The van der Waals surface area contributed by atoms with Gasteiger partial charge in [-0.15, -0.1) is 0 Å². The maximum atomic E-state index is 6.43. The van der Waals surface area contributed by atoms with Crippen molar-refractivity contribution in [1.29, 1.82) is 0 Å². The Morgan fingerprint density at radius 2 is 2.24 bits per heavy atom. The second kappa shape index (κ2) is 8.02. The largest absolute Gasteiger partial charge is 0.377 e. The molecule has 0 aliphatic carbocycles. The van der Waals surface area contributed by atoms with Crippen molar-refractivity contribution >= 4 is 17.3 Å². The smallest absolute Gasteiger partial charge is 0.0750 e. The van der Waals surface area contributed by atoms with Crippen LogP contribution in [0.3, 0.4) is 0 Å². The van der Waals surface area contributed by atoms with Crippen molar-refractivity contribution in [2.45, 2.75) is 52.3 Å². The fraction of sp³-hybridized carbons (Fsp3) is 0.647. The molecule has 1 fully saturated rings. The molecule has 1 aromatic carbocycles. The fourth-order valence-electron chi connectivity index (χ4n) is 2.85. The van der Waals surface area contributed by atoms with Crippen molar-refractivity contribution in [3.63, 3.8) is 0 Å². The molecule has 1 aliphatic heterocycles. The molecular weight excluding hydrogens is 284 g/mol. The summed E-state index contributed by atoms with van der Waals surface area (Å²) in [4.78, 5) is 2.42. The van der Waals surface area contributed by atoms with E-state index in [1.54, 1.807) is 0 Å². The van der Waals surface area contributed by atoms with Crippen LogP contribution in [0.25, 0.3) is 0 Å². The summed E-state index contributed by atoms with van der Waals surface area (Å²) in [5, 5.41) is 4.32. The van der Waals surface area contributed by atoms with Gasteiger partial charge >= 0.3 is 0 Å². The highest BCUT2D eigenvalue weighted by Crippen LogP contribution is 2.30. The lowest BCUT2D eigenvalue weighted by Crippen LogP contribution is -2.40. The normalized spacial score (nSPS) is 19.3. The lowest BCUT2D eigenvalue weighted by Gasteiger charge is -2.35. The lowest BCUT2D eigenvalue weighted by atomic mass is 10.0. The lowest BCUT2D eigenvalue weighted by molar-refractivity contribution is 0.0526. The third-order valence-electron chi connectivity index (χ3n) is 3.90. The maximum absolute atomic E-state index is 6.43. The molecule has 0 amide bonds. The third-order valence-corrected chi connectivity index (χ3v) is 4.26. The Morgan fingerprint density at radius 1 is 1.43 bits per heavy atom. The van der Waals surface area contributed by atoms with Gasteiger partial charge in [0.1, 0.15) is 0 Å². The Hall–Kier alpha value is -0.770. The van der Waals surface area contributed by atoms with Crippen LogP contribution in [-0.4, -0.2) is 31.8 Å². The van der Waals surface area contributed by atoms with Crippen LogP contribution in [0.2, 0.25) is 5.02 Å². The van der Waals surface area contributed by atoms with E-state index in [1.165, 1.54) is 17.7 Å². The minimum Gasteiger partial charge on any atom is -0.377 e. The van der Waals surface area contributed by atoms with Crippen LogP contribution in [0, 0.1) is 0 Å². The number of hydrogen-bond donors (Lipinski definition) is 1. The van der Waals surface area contributed by atoms with Crippen molar-refractivity contribution in [3.8, 4) is 0 Å². The van der Waals surface area contributed by atoms with Gasteiger partial charge in [0, 0.05) is 48.6 Å². The van der Waals surface area contributed by atoms with Crippen LogP contribution in [0.1, 0.15) is 39.2 Å². The van der Waals surface area contributed by atoms with E-state index in [4.69, 9.17) is 16.3 Å². The highest BCUT2D eigenvalue weighted by Gasteiger charge is 2.22. The van der Waals surface area contributed by atoms with Crippen molar-refractivity contribution in [1.82, 2.24) is 5.32 Å². The number of halogens is 1. The quantitative estimate of drug-likeness (QED) is 0.864. The summed E-state index contributed by atoms with van der Waals surface area (Å²) in [6.07, 6.45) is 2.67. The van der Waals surface area contributed by atoms with Gasteiger partial charge in [-0.25, -0.2) is 0 Å². The van der Waals surface area contributed by atoms with Gasteiger partial charge in [0.2, 0.25) is 0 Å². The van der Waals surface area contributed by atoms with E-state index in [1.807, 2.05) is 12.1 Å². The number of ether oxygens (including phenoxy) is 1. The second-order valence-corrected chi connectivity index (χ2v) is 6.35. The van der Waals surface area contributed by atoms with Crippen LogP contribution in [0.5, 0.6) is 0 Å². The standard InChI is InChI=1S/C17H27ClN2O/c1-4-21-14-7-6-10-20(12-14)17-9-5-8-16(18)15(17)11-19-13(2)3/h5,8-9,13-14,19H,4,6-7,10-12H2,1-3H3. The molecule has 1 heterocycles. The Labute approximate surface area is 133 Å². The number of rotatable bonds is 6. The number of benzene rings is 1. The summed E-state index contributed by atoms with van der Waals surface area (Å²) in [6.45, 7) is 10.0. The summed E-state index contributed by atoms with van der Waals surface area (Å²) >= 11 is 6.43. The van der Waals surface area contributed by atoms with Crippen LogP contribution in [0.15, 0.2) is 18.2 Å². The maximum Gasteiger partial charge on any atom is 0.0750 e. The van der Waals surface area contributed by atoms with Gasteiger partial charge in [0.25, 0.3) is 0 Å². The van der Waals surface area contributed by atoms with Gasteiger partial charge in [-0.1, -0.05) is 31.5 Å². The zero-order valence-corrected chi connectivity index (χ0v) is 14.1. The monoisotopic (exact) mass is 310 g/mol. The summed E-state index contributed by atoms with van der Waals surface area (Å²) in [5.41, 5.74) is 2.45. The van der Waals surface area contributed by atoms with Crippen molar-refractivity contribution < 1.29 is 4.74 Å². The van der Waals surface area contributed by atoms with Gasteiger partial charge in [0.05, 0.1) is 6.10 Å². The van der Waals surface area contributed by atoms with E-state index in [9.17, 15) is 0 Å². The molecule has 3 nitrogen and oxygen atoms in total. The van der Waals surface area contributed by atoms with E-state index < -0.39 is 0 Å². The molecule has 0 radical (unpaired) electrons. The van der Waals surface area contributed by atoms with Crippen LogP contribution >= 0.6 is 11.6 Å². The Bertz CT molecular complexity index is 448. The molecule has 21 heavy (non-hydrogen) atoms. The predicted octanol–water partition coefficient (Wildman–Crippen LogP) is 3.84. The van der Waals surface area contributed by atoms with Gasteiger partial charge in [-0.3, -0.25) is 0 Å². The molecule has 1 atom stereocenters. The van der Waals surface area contributed by atoms with Crippen LogP contribution in [0.4, 0.5) is 5.69 Å². The van der Waals surface area contributed by atoms with E-state index in [0.717, 1.165) is 37.7 Å². The molecule has 2 rings (SSSR count). The van der Waals surface area contributed by atoms with Gasteiger partial charge in [-0.05, 0) is 31.9 Å². The zero-order valence-electron chi connectivity index (χ0n) is 13.4. The SMILES string of the molecule is CCOC1CCCN(c2cccc(Cl)c2CNC(C)C)C1. The van der Waals surface area contributed by atoms with Crippen molar-refractivity contribution in [2.24, 2.45) is 0 Å². The van der Waals surface area contributed by atoms with Gasteiger partial charge in [-0.2, -0.15) is 0 Å². The summed E-state index contributed by atoms with van der Waals surface area (Å²) in [6, 6.07) is 6.65. The molecule has 1 unspecified atom stereocenters. The average molecular weight is 311 g/mol. The Balaban J connectivity index is 2.15. The minimum atomic E-state index is 0.341. The molecule has 1 N–H and O–H groups in total. The molecular formula is C17H27ClN2O.